The Balaban J connectivity index is 1.33. The Hall–Kier alpha value is -4.04. The predicted octanol–water partition coefficient (Wildman–Crippen LogP) is 4.65. The second-order valence-corrected chi connectivity index (χ2v) is 9.82. The molecule has 0 bridgehead atoms. The molecule has 1 aromatic heterocycles. The first-order valence-corrected chi connectivity index (χ1v) is 12.9. The van der Waals surface area contributed by atoms with Crippen molar-refractivity contribution in [2.45, 2.75) is 18.3 Å². The zero-order valence-corrected chi connectivity index (χ0v) is 21.0. The van der Waals surface area contributed by atoms with E-state index in [1.54, 1.807) is 36.0 Å². The lowest BCUT2D eigenvalue weighted by molar-refractivity contribution is -0.139. The molecular weight excluding hydrogens is 490 g/mol. The zero-order chi connectivity index (χ0) is 25.8. The van der Waals surface area contributed by atoms with Crippen molar-refractivity contribution in [1.29, 1.82) is 0 Å². The first-order chi connectivity index (χ1) is 18.0. The summed E-state index contributed by atoms with van der Waals surface area (Å²) in [4.78, 5) is 36.9. The fraction of sp³-hybridized carbons (Fsp3) is 0.207. The highest BCUT2D eigenvalue weighted by molar-refractivity contribution is 7.99. The third kappa shape index (κ3) is 5.39. The Morgan fingerprint density at radius 3 is 2.70 bits per heavy atom. The quantitative estimate of drug-likeness (QED) is 0.217. The lowest BCUT2D eigenvalue weighted by Crippen LogP contribution is -2.30. The number of hydrogen-bond donors (Lipinski definition) is 1. The Bertz CT molecular complexity index is 1530. The smallest absolute Gasteiger partial charge is 0.349 e. The van der Waals surface area contributed by atoms with Crippen LogP contribution in [0.15, 0.2) is 82.0 Å². The third-order valence-corrected chi connectivity index (χ3v) is 7.49. The number of fused-ring (bicyclic) bond motifs is 3. The molecule has 0 saturated heterocycles. The number of hydrogen-bond acceptors (Lipinski definition) is 7. The van der Waals surface area contributed by atoms with E-state index in [9.17, 15) is 14.4 Å². The summed E-state index contributed by atoms with van der Waals surface area (Å²) in [6.45, 7) is 0.803. The Morgan fingerprint density at radius 1 is 1.03 bits per heavy atom. The van der Waals surface area contributed by atoms with Crippen LogP contribution >= 0.6 is 11.8 Å². The van der Waals surface area contributed by atoms with Crippen molar-refractivity contribution < 1.29 is 23.5 Å². The molecule has 4 aromatic rings. The van der Waals surface area contributed by atoms with Gasteiger partial charge in [-0.25, -0.2) is 4.79 Å². The van der Waals surface area contributed by atoms with Gasteiger partial charge in [0.25, 0.3) is 5.91 Å². The average Bonchev–Trinajstić information content (AvgIpc) is 3.07. The number of methoxy groups -OCH3 is 1. The average molecular weight is 516 g/mol. The van der Waals surface area contributed by atoms with Crippen molar-refractivity contribution >= 4 is 34.6 Å². The molecule has 37 heavy (non-hydrogen) atoms. The van der Waals surface area contributed by atoms with Crippen molar-refractivity contribution in [3.05, 3.63) is 111 Å². The summed E-state index contributed by atoms with van der Waals surface area (Å²) in [7, 11) is 1.37. The van der Waals surface area contributed by atoms with Crippen molar-refractivity contribution in [2.75, 3.05) is 19.4 Å². The molecule has 1 unspecified atom stereocenters. The fourth-order valence-electron chi connectivity index (χ4n) is 4.36. The van der Waals surface area contributed by atoms with Gasteiger partial charge in [0.1, 0.15) is 23.5 Å². The molecule has 0 saturated carbocycles. The standard InChI is InChI=1S/C29H25NO6S/c1-34-26(31)15-18-10-11-25-22(14-18)27(21-8-4-2-7-20(21)17-35-25)37-13-12-30-28(32)23-16-19-6-3-5-9-24(19)36-29(23)33/h2-11,14,16,27H,12-13,15,17H2,1H3,(H,30,32). The molecule has 188 valence electrons. The van der Waals surface area contributed by atoms with Gasteiger partial charge in [0.2, 0.25) is 0 Å². The van der Waals surface area contributed by atoms with Crippen LogP contribution in [-0.4, -0.2) is 31.3 Å². The van der Waals surface area contributed by atoms with Crippen LogP contribution in [0, 0.1) is 0 Å². The van der Waals surface area contributed by atoms with E-state index in [1.165, 1.54) is 7.11 Å². The van der Waals surface area contributed by atoms with Crippen LogP contribution in [0.1, 0.15) is 37.9 Å². The number of thioether (sulfide) groups is 1. The van der Waals surface area contributed by atoms with Gasteiger partial charge in [0.15, 0.2) is 0 Å². The highest BCUT2D eigenvalue weighted by Gasteiger charge is 2.26. The van der Waals surface area contributed by atoms with E-state index in [0.717, 1.165) is 28.0 Å². The van der Waals surface area contributed by atoms with Crippen LogP contribution < -0.4 is 15.7 Å². The van der Waals surface area contributed by atoms with Crippen LogP contribution in [0.5, 0.6) is 5.75 Å². The van der Waals surface area contributed by atoms with E-state index in [0.29, 0.717) is 29.9 Å². The Labute approximate surface area is 217 Å². The van der Waals surface area contributed by atoms with Crippen molar-refractivity contribution in [3.8, 4) is 5.75 Å². The second-order valence-electron chi connectivity index (χ2n) is 8.60. The molecule has 1 aliphatic rings. The number of carbonyl (C=O) groups excluding carboxylic acids is 2. The minimum Gasteiger partial charge on any atom is -0.489 e. The normalized spacial score (nSPS) is 14.1. The maximum atomic E-state index is 12.7. The van der Waals surface area contributed by atoms with Gasteiger partial charge >= 0.3 is 11.6 Å². The van der Waals surface area contributed by atoms with Gasteiger partial charge in [-0.1, -0.05) is 54.6 Å². The predicted molar refractivity (Wildman–Crippen MR) is 142 cm³/mol. The van der Waals surface area contributed by atoms with Gasteiger partial charge in [-0.3, -0.25) is 9.59 Å². The number of para-hydroxylation sites is 1. The molecule has 3 aromatic carbocycles. The lowest BCUT2D eigenvalue weighted by atomic mass is 9.98. The minimum atomic E-state index is -0.661. The van der Waals surface area contributed by atoms with Gasteiger partial charge < -0.3 is 19.2 Å². The van der Waals surface area contributed by atoms with E-state index in [1.807, 2.05) is 42.5 Å². The fourth-order valence-corrected chi connectivity index (χ4v) is 5.59. The highest BCUT2D eigenvalue weighted by atomic mass is 32.2. The number of ether oxygens (including phenoxy) is 2. The Kier molecular flexibility index (Phi) is 7.28. The summed E-state index contributed by atoms with van der Waals surface area (Å²) in [5, 5.41) is 3.47. The van der Waals surface area contributed by atoms with E-state index in [4.69, 9.17) is 13.9 Å². The minimum absolute atomic E-state index is 0.0188. The van der Waals surface area contributed by atoms with E-state index < -0.39 is 11.5 Å². The molecule has 1 aliphatic heterocycles. The molecule has 1 N–H and O–H groups in total. The number of rotatable bonds is 7. The summed E-state index contributed by atoms with van der Waals surface area (Å²) in [6, 6.07) is 22.5. The molecule has 7 nitrogen and oxygen atoms in total. The van der Waals surface area contributed by atoms with Crippen LogP contribution in [0.4, 0.5) is 0 Å². The Morgan fingerprint density at radius 2 is 1.84 bits per heavy atom. The van der Waals surface area contributed by atoms with Gasteiger partial charge in [0.05, 0.1) is 18.8 Å². The molecule has 5 rings (SSSR count). The van der Waals surface area contributed by atoms with Crippen LogP contribution in [0.2, 0.25) is 0 Å². The van der Waals surface area contributed by atoms with E-state index in [2.05, 4.69) is 11.4 Å². The molecule has 0 aliphatic carbocycles. The number of carbonyl (C=O) groups is 2. The zero-order valence-electron chi connectivity index (χ0n) is 20.2. The van der Waals surface area contributed by atoms with Gasteiger partial charge in [-0.2, -0.15) is 0 Å². The van der Waals surface area contributed by atoms with Crippen LogP contribution in [0.25, 0.3) is 11.0 Å². The molecular formula is C29H25NO6S. The molecule has 0 spiro atoms. The molecule has 1 atom stereocenters. The number of amides is 1. The summed E-state index contributed by atoms with van der Waals surface area (Å²) >= 11 is 1.66. The topological polar surface area (TPSA) is 94.8 Å². The molecule has 0 fully saturated rings. The molecule has 1 amide bonds. The summed E-state index contributed by atoms with van der Waals surface area (Å²) in [5.41, 5.74) is 3.79. The van der Waals surface area contributed by atoms with E-state index >= 15 is 0 Å². The maximum absolute atomic E-state index is 12.7. The van der Waals surface area contributed by atoms with Gasteiger partial charge in [-0.05, 0) is 34.9 Å². The monoisotopic (exact) mass is 515 g/mol. The van der Waals surface area contributed by atoms with Crippen molar-refractivity contribution in [2.24, 2.45) is 0 Å². The lowest BCUT2D eigenvalue weighted by Gasteiger charge is -2.19. The first kappa shape index (κ1) is 24.6. The molecule has 0 radical (unpaired) electrons. The van der Waals surface area contributed by atoms with Crippen molar-refractivity contribution in [3.63, 3.8) is 0 Å². The summed E-state index contributed by atoms with van der Waals surface area (Å²) in [5.74, 6) is 0.579. The van der Waals surface area contributed by atoms with Crippen LogP contribution in [0.3, 0.4) is 0 Å². The number of esters is 1. The second kappa shape index (κ2) is 10.9. The van der Waals surface area contributed by atoms with Gasteiger partial charge in [0, 0.05) is 23.2 Å². The molecule has 2 heterocycles. The number of nitrogens with one attached hydrogen (secondary N) is 1. The van der Waals surface area contributed by atoms with Crippen molar-refractivity contribution in [1.82, 2.24) is 5.32 Å². The van der Waals surface area contributed by atoms with E-state index in [-0.39, 0.29) is 23.2 Å². The van der Waals surface area contributed by atoms with Gasteiger partial charge in [-0.15, -0.1) is 11.8 Å². The first-order valence-electron chi connectivity index (χ1n) is 11.9. The SMILES string of the molecule is COC(=O)Cc1ccc2c(c1)C(SCCNC(=O)c1cc3ccccc3oc1=O)c1ccccc1CO2. The summed E-state index contributed by atoms with van der Waals surface area (Å²) < 4.78 is 16.2. The number of benzene rings is 3. The third-order valence-electron chi connectivity index (χ3n) is 6.21. The largest absolute Gasteiger partial charge is 0.489 e. The highest BCUT2D eigenvalue weighted by Crippen LogP contribution is 2.44. The maximum Gasteiger partial charge on any atom is 0.349 e. The molecule has 8 heteroatoms. The summed E-state index contributed by atoms with van der Waals surface area (Å²) in [6.07, 6.45) is 0.174. The van der Waals surface area contributed by atoms with Crippen LogP contribution in [-0.2, 0) is 22.6 Å².